The van der Waals surface area contributed by atoms with Crippen LogP contribution in [0.25, 0.3) is 0 Å². The first kappa shape index (κ1) is 37.0. The van der Waals surface area contributed by atoms with E-state index in [-0.39, 0.29) is 12.7 Å². The van der Waals surface area contributed by atoms with E-state index in [2.05, 4.69) is 26.0 Å². The summed E-state index contributed by atoms with van der Waals surface area (Å²) in [6.07, 6.45) is 42.7. The Hall–Kier alpha value is -0.960. The molecule has 0 amide bonds. The number of allylic oxidation sites excluding steroid dienone is 2. The van der Waals surface area contributed by atoms with Crippen molar-refractivity contribution in [2.75, 3.05) is 13.2 Å². The van der Waals surface area contributed by atoms with Gasteiger partial charge in [-0.25, -0.2) is 0 Å². The SMILES string of the molecule is CCCCCCCCCCCCCC/C=C\OC[C@H](CO)O/C=C\CCCCCCCCCCCCCC. The number of hydrogen-bond donors (Lipinski definition) is 1. The normalized spacial score (nSPS) is 12.6. The average Bonchev–Trinajstić information content (AvgIpc) is 2.93. The molecule has 3 heteroatoms. The lowest BCUT2D eigenvalue weighted by Gasteiger charge is -2.13. The second kappa shape index (κ2) is 34.1. The van der Waals surface area contributed by atoms with Crippen LogP contribution in [0, 0.1) is 0 Å². The standard InChI is InChI=1S/C35H68O3/c1-3-5-7-9-11-13-15-17-19-21-23-25-27-29-31-37-34-35(33-36)38-32-30-28-26-24-22-20-18-16-14-12-10-8-6-4-2/h29-32,35-36H,3-28,33-34H2,1-2H3/b31-29-,32-30-/t35-/m0/s1. The zero-order valence-corrected chi connectivity index (χ0v) is 25.9. The van der Waals surface area contributed by atoms with Crippen molar-refractivity contribution < 1.29 is 14.6 Å². The maximum atomic E-state index is 9.50. The second-order valence-electron chi connectivity index (χ2n) is 11.4. The molecule has 38 heavy (non-hydrogen) atoms. The van der Waals surface area contributed by atoms with Crippen LogP contribution in [0.2, 0.25) is 0 Å². The fraction of sp³-hybridized carbons (Fsp3) is 0.886. The average molecular weight is 537 g/mol. The maximum absolute atomic E-state index is 9.50. The van der Waals surface area contributed by atoms with Gasteiger partial charge in [0.25, 0.3) is 0 Å². The van der Waals surface area contributed by atoms with Crippen molar-refractivity contribution >= 4 is 0 Å². The van der Waals surface area contributed by atoms with Crippen molar-refractivity contribution in [1.82, 2.24) is 0 Å². The number of aliphatic hydroxyl groups excluding tert-OH is 1. The summed E-state index contributed by atoms with van der Waals surface area (Å²) < 4.78 is 11.2. The van der Waals surface area contributed by atoms with Crippen LogP contribution in [0.5, 0.6) is 0 Å². The molecule has 0 rings (SSSR count). The molecule has 1 atom stereocenters. The van der Waals surface area contributed by atoms with E-state index in [1.807, 2.05) is 0 Å². The first-order valence-electron chi connectivity index (χ1n) is 17.0. The van der Waals surface area contributed by atoms with Crippen molar-refractivity contribution in [1.29, 1.82) is 0 Å². The van der Waals surface area contributed by atoms with Crippen LogP contribution >= 0.6 is 0 Å². The van der Waals surface area contributed by atoms with Crippen LogP contribution in [0.3, 0.4) is 0 Å². The van der Waals surface area contributed by atoms with Crippen molar-refractivity contribution in [3.8, 4) is 0 Å². The molecule has 226 valence electrons. The molecule has 0 aromatic heterocycles. The minimum atomic E-state index is -0.287. The van der Waals surface area contributed by atoms with Gasteiger partial charge < -0.3 is 14.6 Å². The lowest BCUT2D eigenvalue weighted by Crippen LogP contribution is -2.20. The van der Waals surface area contributed by atoms with E-state index in [1.165, 1.54) is 154 Å². The number of rotatable bonds is 32. The Labute approximate surface area is 239 Å². The smallest absolute Gasteiger partial charge is 0.154 e. The van der Waals surface area contributed by atoms with Crippen LogP contribution in [0.4, 0.5) is 0 Å². The molecule has 0 bridgehead atoms. The predicted molar refractivity (Wildman–Crippen MR) is 168 cm³/mol. The quantitative estimate of drug-likeness (QED) is 0.0686. The van der Waals surface area contributed by atoms with E-state index in [0.29, 0.717) is 6.61 Å². The molecule has 0 aromatic carbocycles. The van der Waals surface area contributed by atoms with Crippen LogP contribution in [-0.4, -0.2) is 24.4 Å². The third-order valence-electron chi connectivity index (χ3n) is 7.49. The molecule has 0 heterocycles. The van der Waals surface area contributed by atoms with Gasteiger partial charge >= 0.3 is 0 Å². The molecule has 0 aliphatic rings. The summed E-state index contributed by atoms with van der Waals surface area (Å²) in [5, 5.41) is 9.50. The largest absolute Gasteiger partial charge is 0.498 e. The number of hydrogen-bond acceptors (Lipinski definition) is 3. The van der Waals surface area contributed by atoms with Gasteiger partial charge in [0.05, 0.1) is 19.1 Å². The fourth-order valence-corrected chi connectivity index (χ4v) is 4.88. The van der Waals surface area contributed by atoms with Gasteiger partial charge in [-0.15, -0.1) is 0 Å². The summed E-state index contributed by atoms with van der Waals surface area (Å²) in [4.78, 5) is 0. The van der Waals surface area contributed by atoms with Gasteiger partial charge in [-0.1, -0.05) is 155 Å². The summed E-state index contributed by atoms with van der Waals surface area (Å²) in [7, 11) is 0. The molecule has 0 fully saturated rings. The van der Waals surface area contributed by atoms with Gasteiger partial charge in [-0.05, 0) is 37.8 Å². The Kier molecular flexibility index (Phi) is 33.2. The zero-order chi connectivity index (χ0) is 27.6. The number of ether oxygens (including phenoxy) is 2. The summed E-state index contributed by atoms with van der Waals surface area (Å²) in [5.74, 6) is 0. The molecular weight excluding hydrogens is 468 g/mol. The highest BCUT2D eigenvalue weighted by molar-refractivity contribution is 4.77. The van der Waals surface area contributed by atoms with Crippen molar-refractivity contribution in [3.63, 3.8) is 0 Å². The summed E-state index contributed by atoms with van der Waals surface area (Å²) >= 11 is 0. The highest BCUT2D eigenvalue weighted by Crippen LogP contribution is 2.14. The van der Waals surface area contributed by atoms with Gasteiger partial charge in [0.15, 0.2) is 6.10 Å². The Balaban J connectivity index is 3.40. The predicted octanol–water partition coefficient (Wildman–Crippen LogP) is 11.6. The van der Waals surface area contributed by atoms with Crippen LogP contribution in [0.15, 0.2) is 24.7 Å². The summed E-state index contributed by atoms with van der Waals surface area (Å²) in [5.41, 5.74) is 0. The maximum Gasteiger partial charge on any atom is 0.154 e. The monoisotopic (exact) mass is 537 g/mol. The molecule has 0 aliphatic carbocycles. The molecule has 0 radical (unpaired) electrons. The minimum absolute atomic E-state index is 0.0183. The third-order valence-corrected chi connectivity index (χ3v) is 7.49. The van der Waals surface area contributed by atoms with Gasteiger partial charge in [-0.2, -0.15) is 0 Å². The van der Waals surface area contributed by atoms with E-state index < -0.39 is 0 Å². The molecule has 0 spiro atoms. The highest BCUT2D eigenvalue weighted by Gasteiger charge is 2.05. The minimum Gasteiger partial charge on any atom is -0.498 e. The fourth-order valence-electron chi connectivity index (χ4n) is 4.88. The van der Waals surface area contributed by atoms with Crippen LogP contribution < -0.4 is 0 Å². The van der Waals surface area contributed by atoms with E-state index >= 15 is 0 Å². The third kappa shape index (κ3) is 31.3. The first-order chi connectivity index (χ1) is 18.8. The molecule has 0 aliphatic heterocycles. The Morgan fingerprint density at radius 3 is 1.18 bits per heavy atom. The van der Waals surface area contributed by atoms with E-state index in [0.717, 1.165) is 12.8 Å². The zero-order valence-electron chi connectivity index (χ0n) is 25.9. The molecule has 0 unspecified atom stereocenters. The molecule has 0 aromatic rings. The van der Waals surface area contributed by atoms with Crippen molar-refractivity contribution in [2.45, 2.75) is 187 Å². The molecule has 0 saturated heterocycles. The summed E-state index contributed by atoms with van der Waals surface area (Å²) in [6.45, 7) is 4.94. The van der Waals surface area contributed by atoms with Gasteiger partial charge in [-0.3, -0.25) is 0 Å². The summed E-state index contributed by atoms with van der Waals surface area (Å²) in [6, 6.07) is 0. The van der Waals surface area contributed by atoms with E-state index in [9.17, 15) is 5.11 Å². The van der Waals surface area contributed by atoms with Gasteiger partial charge in [0.2, 0.25) is 0 Å². The van der Waals surface area contributed by atoms with Gasteiger partial charge in [0, 0.05) is 0 Å². The lowest BCUT2D eigenvalue weighted by molar-refractivity contribution is 0.0260. The lowest BCUT2D eigenvalue weighted by atomic mass is 10.0. The Morgan fingerprint density at radius 1 is 0.474 bits per heavy atom. The molecular formula is C35H68O3. The van der Waals surface area contributed by atoms with Crippen LogP contribution in [0.1, 0.15) is 181 Å². The Morgan fingerprint density at radius 2 is 0.816 bits per heavy atom. The Bertz CT molecular complexity index is 474. The van der Waals surface area contributed by atoms with E-state index in [4.69, 9.17) is 9.47 Å². The second-order valence-corrected chi connectivity index (χ2v) is 11.4. The molecule has 0 saturated carbocycles. The first-order valence-corrected chi connectivity index (χ1v) is 17.0. The molecule has 3 nitrogen and oxygen atoms in total. The van der Waals surface area contributed by atoms with Crippen molar-refractivity contribution in [3.05, 3.63) is 24.7 Å². The number of aliphatic hydroxyl groups is 1. The van der Waals surface area contributed by atoms with E-state index in [1.54, 1.807) is 12.5 Å². The topological polar surface area (TPSA) is 38.7 Å². The van der Waals surface area contributed by atoms with Gasteiger partial charge in [0.1, 0.15) is 6.61 Å². The van der Waals surface area contributed by atoms with Crippen molar-refractivity contribution in [2.24, 2.45) is 0 Å². The van der Waals surface area contributed by atoms with Crippen LogP contribution in [-0.2, 0) is 9.47 Å². The highest BCUT2D eigenvalue weighted by atomic mass is 16.5. The molecule has 1 N–H and O–H groups in total. The number of unbranched alkanes of at least 4 members (excludes halogenated alkanes) is 24.